The standard InChI is InChI=1S/C14H19BN2O3/c1-13(2)14(3,4)20-15(19-13)12-10-8-9(18-5)6-7-11(10)16-17-12/h6-8H,1-5H3,(H,16,17). The van der Waals surface area contributed by atoms with Gasteiger partial charge in [0.15, 0.2) is 0 Å². The molecule has 0 unspecified atom stereocenters. The smallest absolute Gasteiger partial charge is 0.497 e. The minimum atomic E-state index is -0.447. The maximum absolute atomic E-state index is 6.06. The zero-order valence-corrected chi connectivity index (χ0v) is 12.5. The molecule has 5 nitrogen and oxygen atoms in total. The van der Waals surface area contributed by atoms with Crippen molar-refractivity contribution in [2.45, 2.75) is 38.9 Å². The predicted molar refractivity (Wildman–Crippen MR) is 78.4 cm³/mol. The van der Waals surface area contributed by atoms with E-state index in [2.05, 4.69) is 10.2 Å². The predicted octanol–water partition coefficient (Wildman–Crippen LogP) is 1.87. The van der Waals surface area contributed by atoms with Gasteiger partial charge in [-0.2, -0.15) is 5.10 Å². The molecule has 0 amide bonds. The van der Waals surface area contributed by atoms with E-state index in [1.54, 1.807) is 7.11 Å². The molecular weight excluding hydrogens is 255 g/mol. The number of hydrogen-bond acceptors (Lipinski definition) is 4. The Morgan fingerprint density at radius 1 is 1.15 bits per heavy atom. The van der Waals surface area contributed by atoms with Crippen molar-refractivity contribution >= 4 is 23.6 Å². The van der Waals surface area contributed by atoms with Crippen LogP contribution in [0.4, 0.5) is 0 Å². The fourth-order valence-electron chi connectivity index (χ4n) is 2.28. The molecule has 1 fully saturated rings. The van der Waals surface area contributed by atoms with Crippen molar-refractivity contribution in [2.24, 2.45) is 0 Å². The Labute approximate surface area is 118 Å². The normalized spacial score (nSPS) is 20.6. The van der Waals surface area contributed by atoms with Crippen molar-refractivity contribution in [3.63, 3.8) is 0 Å². The second-order valence-corrected chi connectivity index (χ2v) is 6.11. The molecule has 0 spiro atoms. The SMILES string of the molecule is COc1ccc2n[nH]c(B3OC(C)(C)C(C)(C)O3)c2c1. The number of nitrogens with zero attached hydrogens (tertiary/aromatic N) is 1. The molecule has 0 saturated carbocycles. The summed E-state index contributed by atoms with van der Waals surface area (Å²) in [5, 5.41) is 8.28. The Morgan fingerprint density at radius 2 is 1.80 bits per heavy atom. The van der Waals surface area contributed by atoms with Gasteiger partial charge >= 0.3 is 7.12 Å². The number of nitrogens with one attached hydrogen (secondary N) is 1. The van der Waals surface area contributed by atoms with Gasteiger partial charge in [-0.25, -0.2) is 0 Å². The summed E-state index contributed by atoms with van der Waals surface area (Å²) in [6, 6.07) is 5.75. The second kappa shape index (κ2) is 4.23. The van der Waals surface area contributed by atoms with Gasteiger partial charge in [0.2, 0.25) is 0 Å². The summed E-state index contributed by atoms with van der Waals surface area (Å²) in [6.07, 6.45) is 0. The number of aromatic nitrogens is 2. The van der Waals surface area contributed by atoms with E-state index >= 15 is 0 Å². The topological polar surface area (TPSA) is 56.4 Å². The van der Waals surface area contributed by atoms with Crippen LogP contribution in [0.2, 0.25) is 0 Å². The first-order chi connectivity index (χ1) is 9.34. The monoisotopic (exact) mass is 274 g/mol. The first-order valence-electron chi connectivity index (χ1n) is 6.72. The molecule has 2 aromatic rings. The molecule has 106 valence electrons. The molecule has 20 heavy (non-hydrogen) atoms. The van der Waals surface area contributed by atoms with Crippen molar-refractivity contribution in [2.75, 3.05) is 7.11 Å². The van der Waals surface area contributed by atoms with Crippen LogP contribution < -0.4 is 10.3 Å². The lowest BCUT2D eigenvalue weighted by Gasteiger charge is -2.32. The Morgan fingerprint density at radius 3 is 2.40 bits per heavy atom. The van der Waals surface area contributed by atoms with Gasteiger partial charge in [0.1, 0.15) is 5.75 Å². The van der Waals surface area contributed by atoms with Crippen LogP contribution in [0, 0.1) is 0 Å². The van der Waals surface area contributed by atoms with E-state index in [0.29, 0.717) is 0 Å². The largest absolute Gasteiger partial charge is 0.514 e. The maximum Gasteiger partial charge on any atom is 0.514 e. The van der Waals surface area contributed by atoms with Gasteiger partial charge in [0.05, 0.1) is 29.4 Å². The quantitative estimate of drug-likeness (QED) is 0.849. The molecule has 1 aromatic carbocycles. The number of fused-ring (bicyclic) bond motifs is 1. The second-order valence-electron chi connectivity index (χ2n) is 6.11. The lowest BCUT2D eigenvalue weighted by Crippen LogP contribution is -2.41. The highest BCUT2D eigenvalue weighted by Gasteiger charge is 2.52. The average molecular weight is 274 g/mol. The molecule has 6 heteroatoms. The van der Waals surface area contributed by atoms with Gasteiger partial charge in [-0.15, -0.1) is 0 Å². The highest BCUT2D eigenvalue weighted by Crippen LogP contribution is 2.36. The van der Waals surface area contributed by atoms with E-state index in [0.717, 1.165) is 22.2 Å². The van der Waals surface area contributed by atoms with Crippen LogP contribution in [0.15, 0.2) is 18.2 Å². The summed E-state index contributed by atoms with van der Waals surface area (Å²) in [5.41, 5.74) is 0.968. The van der Waals surface area contributed by atoms with Crippen molar-refractivity contribution in [1.82, 2.24) is 10.2 Å². The van der Waals surface area contributed by atoms with Crippen molar-refractivity contribution < 1.29 is 14.0 Å². The summed E-state index contributed by atoms with van der Waals surface area (Å²) in [5.74, 6) is 0.789. The molecule has 1 aromatic heterocycles. The Bertz CT molecular complexity index is 635. The highest BCUT2D eigenvalue weighted by atomic mass is 16.7. The minimum absolute atomic E-state index is 0.367. The van der Waals surface area contributed by atoms with Crippen molar-refractivity contribution in [1.29, 1.82) is 0 Å². The van der Waals surface area contributed by atoms with Crippen LogP contribution >= 0.6 is 0 Å². The maximum atomic E-state index is 6.06. The Balaban J connectivity index is 2.03. The van der Waals surface area contributed by atoms with Crippen LogP contribution in [0.1, 0.15) is 27.7 Å². The molecule has 1 aliphatic rings. The van der Waals surface area contributed by atoms with Gasteiger partial charge in [0, 0.05) is 5.39 Å². The van der Waals surface area contributed by atoms with Crippen LogP contribution in [-0.2, 0) is 9.31 Å². The number of rotatable bonds is 2. The third-order valence-corrected chi connectivity index (χ3v) is 4.28. The van der Waals surface area contributed by atoms with Gasteiger partial charge in [-0.05, 0) is 45.9 Å². The van der Waals surface area contributed by atoms with E-state index in [1.165, 1.54) is 0 Å². The van der Waals surface area contributed by atoms with Gasteiger partial charge in [-0.3, -0.25) is 5.10 Å². The zero-order valence-electron chi connectivity index (χ0n) is 12.5. The number of aromatic amines is 1. The van der Waals surface area contributed by atoms with Gasteiger partial charge in [-0.1, -0.05) is 0 Å². The first kappa shape index (κ1) is 13.5. The molecule has 1 saturated heterocycles. The van der Waals surface area contributed by atoms with E-state index in [9.17, 15) is 0 Å². The van der Waals surface area contributed by atoms with Gasteiger partial charge < -0.3 is 14.0 Å². The summed E-state index contributed by atoms with van der Waals surface area (Å²) in [4.78, 5) is 0. The van der Waals surface area contributed by atoms with Crippen molar-refractivity contribution in [3.05, 3.63) is 18.2 Å². The number of hydrogen-bond donors (Lipinski definition) is 1. The van der Waals surface area contributed by atoms with Crippen LogP contribution in [-0.4, -0.2) is 35.6 Å². The number of H-pyrrole nitrogens is 1. The molecule has 0 atom stereocenters. The highest BCUT2D eigenvalue weighted by molar-refractivity contribution is 6.64. The fourth-order valence-corrected chi connectivity index (χ4v) is 2.28. The molecular formula is C14H19BN2O3. The lowest BCUT2D eigenvalue weighted by atomic mass is 9.82. The van der Waals surface area contributed by atoms with Crippen LogP contribution in [0.5, 0.6) is 5.75 Å². The third kappa shape index (κ3) is 1.91. The summed E-state index contributed by atoms with van der Waals surface area (Å²) in [7, 11) is 1.20. The Kier molecular flexibility index (Phi) is 2.85. The van der Waals surface area contributed by atoms with Crippen LogP contribution in [0.3, 0.4) is 0 Å². The summed E-state index contributed by atoms with van der Waals surface area (Å²) < 4.78 is 17.4. The third-order valence-electron chi connectivity index (χ3n) is 4.28. The number of ether oxygens (including phenoxy) is 1. The average Bonchev–Trinajstić information content (AvgIpc) is 2.87. The van der Waals surface area contributed by atoms with E-state index in [-0.39, 0.29) is 11.2 Å². The van der Waals surface area contributed by atoms with E-state index < -0.39 is 7.12 Å². The summed E-state index contributed by atoms with van der Waals surface area (Å²) >= 11 is 0. The van der Waals surface area contributed by atoms with Gasteiger partial charge in [0.25, 0.3) is 0 Å². The molecule has 1 aliphatic heterocycles. The number of benzene rings is 1. The molecule has 0 bridgehead atoms. The van der Waals surface area contributed by atoms with Crippen molar-refractivity contribution in [3.8, 4) is 5.75 Å². The number of methoxy groups -OCH3 is 1. The van der Waals surface area contributed by atoms with Crippen LogP contribution in [0.25, 0.3) is 10.9 Å². The summed E-state index contributed by atoms with van der Waals surface area (Å²) in [6.45, 7) is 8.14. The lowest BCUT2D eigenvalue weighted by molar-refractivity contribution is 0.00578. The van der Waals surface area contributed by atoms with E-state index in [4.69, 9.17) is 14.0 Å². The molecule has 3 rings (SSSR count). The minimum Gasteiger partial charge on any atom is -0.497 e. The first-order valence-corrected chi connectivity index (χ1v) is 6.72. The molecule has 2 heterocycles. The molecule has 0 radical (unpaired) electrons. The Hall–Kier alpha value is -1.53. The zero-order chi connectivity index (χ0) is 14.5. The molecule has 0 aliphatic carbocycles. The van der Waals surface area contributed by atoms with E-state index in [1.807, 2.05) is 45.9 Å². The fraction of sp³-hybridized carbons (Fsp3) is 0.500. The molecule has 1 N–H and O–H groups in total.